The van der Waals surface area contributed by atoms with Crippen LogP contribution in [0.4, 0.5) is 16.3 Å². The second kappa shape index (κ2) is 7.31. The van der Waals surface area contributed by atoms with E-state index in [9.17, 15) is 14.4 Å². The highest BCUT2D eigenvalue weighted by Gasteiger charge is 2.30. The molecule has 10 nitrogen and oxygen atoms in total. The summed E-state index contributed by atoms with van der Waals surface area (Å²) in [5.74, 6) is -0.867. The van der Waals surface area contributed by atoms with E-state index in [0.29, 0.717) is 16.7 Å². The minimum absolute atomic E-state index is 0.0754. The van der Waals surface area contributed by atoms with Gasteiger partial charge in [-0.05, 0) is 39.0 Å². The van der Waals surface area contributed by atoms with Crippen molar-refractivity contribution in [2.45, 2.75) is 26.4 Å². The van der Waals surface area contributed by atoms with Crippen molar-refractivity contribution < 1.29 is 28.8 Å². The monoisotopic (exact) mass is 388 g/mol. The number of aromatic nitrogens is 1. The maximum atomic E-state index is 12.2. The third-order valence-electron chi connectivity index (χ3n) is 3.70. The molecular formula is C18H20N4O6. The quantitative estimate of drug-likeness (QED) is 0.661. The number of rotatable bonds is 5. The van der Waals surface area contributed by atoms with Crippen LogP contribution in [0.25, 0.3) is 11.0 Å². The molecule has 0 fully saturated rings. The van der Waals surface area contributed by atoms with Gasteiger partial charge in [-0.2, -0.15) is 0 Å². The number of hydrogen-bond acceptors (Lipinski definition) is 8. The van der Waals surface area contributed by atoms with E-state index in [-0.39, 0.29) is 24.7 Å². The van der Waals surface area contributed by atoms with Crippen molar-refractivity contribution in [2.75, 3.05) is 23.8 Å². The summed E-state index contributed by atoms with van der Waals surface area (Å²) in [5, 5.41) is 18.6. The van der Waals surface area contributed by atoms with E-state index >= 15 is 0 Å². The largest absolute Gasteiger partial charge is 0.444 e. The van der Waals surface area contributed by atoms with E-state index < -0.39 is 23.5 Å². The molecule has 28 heavy (non-hydrogen) atoms. The Morgan fingerprint density at radius 1 is 1.32 bits per heavy atom. The molecule has 1 aromatic heterocycles. The molecule has 1 aromatic carbocycles. The summed E-state index contributed by atoms with van der Waals surface area (Å²) >= 11 is 0. The molecule has 0 unspecified atom stereocenters. The summed E-state index contributed by atoms with van der Waals surface area (Å²) in [4.78, 5) is 37.0. The third kappa shape index (κ3) is 4.12. The number of imide groups is 1. The zero-order valence-electron chi connectivity index (χ0n) is 15.6. The summed E-state index contributed by atoms with van der Waals surface area (Å²) in [5.41, 5.74) is 0.317. The van der Waals surface area contributed by atoms with Gasteiger partial charge in [0.2, 0.25) is 0 Å². The molecule has 10 heteroatoms. The van der Waals surface area contributed by atoms with Gasteiger partial charge in [0.1, 0.15) is 11.3 Å². The number of benzene rings is 1. The lowest BCUT2D eigenvalue weighted by Gasteiger charge is -2.19. The molecular weight excluding hydrogens is 368 g/mol. The fourth-order valence-electron chi connectivity index (χ4n) is 2.57. The summed E-state index contributed by atoms with van der Waals surface area (Å²) < 4.78 is 10.4. The first-order valence-corrected chi connectivity index (χ1v) is 8.53. The first kappa shape index (κ1) is 19.4. The maximum Gasteiger partial charge on any atom is 0.413 e. The first-order valence-electron chi connectivity index (χ1n) is 8.53. The zero-order valence-corrected chi connectivity index (χ0v) is 15.6. The Morgan fingerprint density at radius 2 is 2.07 bits per heavy atom. The van der Waals surface area contributed by atoms with Crippen LogP contribution >= 0.6 is 0 Å². The molecule has 0 saturated carbocycles. The summed E-state index contributed by atoms with van der Waals surface area (Å²) in [7, 11) is 0. The van der Waals surface area contributed by atoms with Gasteiger partial charge in [0.05, 0.1) is 18.5 Å². The molecule has 148 valence electrons. The average Bonchev–Trinajstić information content (AvgIpc) is 3.09. The highest BCUT2D eigenvalue weighted by molar-refractivity contribution is 6.17. The number of carbonyl (C=O) groups excluding carboxylic acids is 3. The Morgan fingerprint density at radius 3 is 2.75 bits per heavy atom. The number of hydrogen-bond donors (Lipinski definition) is 3. The van der Waals surface area contributed by atoms with Crippen LogP contribution in [0.5, 0.6) is 0 Å². The molecule has 1 aliphatic heterocycles. The zero-order chi connectivity index (χ0) is 20.5. The number of ether oxygens (including phenoxy) is 1. The van der Waals surface area contributed by atoms with E-state index in [1.54, 1.807) is 39.0 Å². The Bertz CT molecular complexity index is 972. The molecule has 0 bridgehead atoms. The number of anilines is 2. The Labute approximate surface area is 160 Å². The Balaban J connectivity index is 1.79. The van der Waals surface area contributed by atoms with Gasteiger partial charge < -0.3 is 19.7 Å². The number of nitrogens with one attached hydrogen (secondary N) is 2. The molecule has 2 aromatic rings. The number of aliphatic hydroxyl groups is 1. The smallest absolute Gasteiger partial charge is 0.413 e. The van der Waals surface area contributed by atoms with Crippen LogP contribution in [0.3, 0.4) is 0 Å². The van der Waals surface area contributed by atoms with Crippen LogP contribution < -0.4 is 10.6 Å². The minimum atomic E-state index is -0.681. The van der Waals surface area contributed by atoms with Gasteiger partial charge in [-0.15, -0.1) is 0 Å². The fraction of sp³-hybridized carbons (Fsp3) is 0.333. The van der Waals surface area contributed by atoms with Gasteiger partial charge in [0.25, 0.3) is 11.8 Å². The predicted molar refractivity (Wildman–Crippen MR) is 99.4 cm³/mol. The first-order chi connectivity index (χ1) is 13.2. The maximum absolute atomic E-state index is 12.2. The van der Waals surface area contributed by atoms with Crippen LogP contribution in [0.15, 0.2) is 34.5 Å². The van der Waals surface area contributed by atoms with E-state index in [4.69, 9.17) is 14.4 Å². The number of aliphatic hydroxyl groups excluding tert-OH is 1. The number of fused-ring (bicyclic) bond motifs is 1. The van der Waals surface area contributed by atoms with Crippen LogP contribution in [0.2, 0.25) is 0 Å². The standard InChI is InChI=1S/C18H20N4O6/c1-18(2,3)27-17(26)20-15-11-8-10(4-5-13(11)28-21-15)19-12-9-14(24)22(6-7-23)16(12)25/h4-5,8-9,19,23H,6-7H2,1-3H3,(H,20,21,26). The molecule has 0 aliphatic carbocycles. The van der Waals surface area contributed by atoms with E-state index in [1.807, 2.05) is 0 Å². The number of amides is 3. The SMILES string of the molecule is CC(C)(C)OC(=O)Nc1noc2ccc(NC3=CC(=O)N(CCO)C3=O)cc12. The van der Waals surface area contributed by atoms with Crippen molar-refractivity contribution in [3.63, 3.8) is 0 Å². The van der Waals surface area contributed by atoms with Crippen molar-refractivity contribution in [1.29, 1.82) is 0 Å². The molecule has 3 amide bonds. The molecule has 0 spiro atoms. The average molecular weight is 388 g/mol. The molecule has 3 N–H and O–H groups in total. The lowest BCUT2D eigenvalue weighted by molar-refractivity contribution is -0.137. The van der Waals surface area contributed by atoms with E-state index in [2.05, 4.69) is 15.8 Å². The van der Waals surface area contributed by atoms with Gasteiger partial charge in [-0.1, -0.05) is 5.16 Å². The predicted octanol–water partition coefficient (Wildman–Crippen LogP) is 1.83. The van der Waals surface area contributed by atoms with Crippen molar-refractivity contribution in [3.8, 4) is 0 Å². The van der Waals surface area contributed by atoms with Gasteiger partial charge in [0, 0.05) is 11.8 Å². The normalized spacial score (nSPS) is 14.4. The molecule has 3 rings (SSSR count). The number of nitrogens with zero attached hydrogens (tertiary/aromatic N) is 2. The van der Waals surface area contributed by atoms with Crippen molar-refractivity contribution >= 4 is 40.4 Å². The van der Waals surface area contributed by atoms with Gasteiger partial charge >= 0.3 is 6.09 Å². The van der Waals surface area contributed by atoms with Crippen LogP contribution in [0, 0.1) is 0 Å². The Hall–Kier alpha value is -3.40. The Kier molecular flexibility index (Phi) is 5.06. The lowest BCUT2D eigenvalue weighted by atomic mass is 10.2. The summed E-state index contributed by atoms with van der Waals surface area (Å²) in [6.45, 7) is 4.83. The van der Waals surface area contributed by atoms with Gasteiger partial charge in [-0.25, -0.2) is 4.79 Å². The topological polar surface area (TPSA) is 134 Å². The van der Waals surface area contributed by atoms with Crippen LogP contribution in [-0.2, 0) is 14.3 Å². The second-order valence-corrected chi connectivity index (χ2v) is 7.07. The molecule has 0 saturated heterocycles. The summed E-state index contributed by atoms with van der Waals surface area (Å²) in [6.07, 6.45) is 0.482. The van der Waals surface area contributed by atoms with Crippen molar-refractivity contribution in [1.82, 2.24) is 10.1 Å². The lowest BCUT2D eigenvalue weighted by Crippen LogP contribution is -2.34. The highest BCUT2D eigenvalue weighted by atomic mass is 16.6. The second-order valence-electron chi connectivity index (χ2n) is 7.07. The van der Waals surface area contributed by atoms with Crippen LogP contribution in [-0.4, -0.2) is 51.8 Å². The van der Waals surface area contributed by atoms with Gasteiger partial charge in [-0.3, -0.25) is 19.8 Å². The molecule has 0 atom stereocenters. The van der Waals surface area contributed by atoms with Crippen LogP contribution in [0.1, 0.15) is 20.8 Å². The number of carbonyl (C=O) groups is 3. The summed E-state index contributed by atoms with van der Waals surface area (Å²) in [6, 6.07) is 4.86. The van der Waals surface area contributed by atoms with Crippen molar-refractivity contribution in [2.24, 2.45) is 0 Å². The third-order valence-corrected chi connectivity index (χ3v) is 3.70. The number of β-amino-alcohol motifs (C(OH)–C–C–N with tert-alkyl or cyclic N) is 1. The van der Waals surface area contributed by atoms with E-state index in [1.165, 1.54) is 0 Å². The van der Waals surface area contributed by atoms with E-state index in [0.717, 1.165) is 11.0 Å². The fourth-order valence-corrected chi connectivity index (χ4v) is 2.57. The minimum Gasteiger partial charge on any atom is -0.444 e. The van der Waals surface area contributed by atoms with Gasteiger partial charge in [0.15, 0.2) is 11.4 Å². The highest BCUT2D eigenvalue weighted by Crippen LogP contribution is 2.28. The van der Waals surface area contributed by atoms with Crippen molar-refractivity contribution in [3.05, 3.63) is 30.0 Å². The molecule has 2 heterocycles. The molecule has 1 aliphatic rings. The molecule has 0 radical (unpaired) electrons.